The first kappa shape index (κ1) is 19.7. The van der Waals surface area contributed by atoms with Crippen molar-refractivity contribution in [1.29, 1.82) is 0 Å². The van der Waals surface area contributed by atoms with Crippen LogP contribution < -0.4 is 24.3 Å². The SMILES string of the molecule is COc1ccccc1OCC(=O)NC1CCC(Oc2nccnc2OC)CC1. The van der Waals surface area contributed by atoms with E-state index in [1.54, 1.807) is 31.6 Å². The average molecular weight is 387 g/mol. The fourth-order valence-corrected chi connectivity index (χ4v) is 3.17. The van der Waals surface area contributed by atoms with Gasteiger partial charge in [0.25, 0.3) is 17.7 Å². The lowest BCUT2D eigenvalue weighted by Gasteiger charge is -2.29. The Hall–Kier alpha value is -3.03. The first-order valence-electron chi connectivity index (χ1n) is 9.26. The second-order valence-electron chi connectivity index (χ2n) is 6.47. The van der Waals surface area contributed by atoms with Gasteiger partial charge in [0.15, 0.2) is 18.1 Å². The van der Waals surface area contributed by atoms with Crippen molar-refractivity contribution in [3.8, 4) is 23.3 Å². The number of amides is 1. The van der Waals surface area contributed by atoms with Crippen molar-refractivity contribution in [3.63, 3.8) is 0 Å². The molecule has 1 amide bonds. The normalized spacial score (nSPS) is 18.8. The third kappa shape index (κ3) is 5.25. The van der Waals surface area contributed by atoms with Crippen LogP contribution in [0.15, 0.2) is 36.7 Å². The molecule has 1 aromatic heterocycles. The summed E-state index contributed by atoms with van der Waals surface area (Å²) in [4.78, 5) is 20.5. The predicted octanol–water partition coefficient (Wildman–Crippen LogP) is 2.38. The third-order valence-corrected chi connectivity index (χ3v) is 4.57. The van der Waals surface area contributed by atoms with Gasteiger partial charge in [0, 0.05) is 18.4 Å². The highest BCUT2D eigenvalue weighted by atomic mass is 16.5. The van der Waals surface area contributed by atoms with Crippen LogP contribution in [0, 0.1) is 0 Å². The number of ether oxygens (including phenoxy) is 4. The largest absolute Gasteiger partial charge is 0.493 e. The van der Waals surface area contributed by atoms with Gasteiger partial charge in [0.05, 0.1) is 14.2 Å². The van der Waals surface area contributed by atoms with E-state index in [1.807, 2.05) is 12.1 Å². The van der Waals surface area contributed by atoms with Crippen LogP contribution in [0.2, 0.25) is 0 Å². The van der Waals surface area contributed by atoms with Crippen molar-refractivity contribution in [1.82, 2.24) is 15.3 Å². The zero-order chi connectivity index (χ0) is 19.8. The van der Waals surface area contributed by atoms with E-state index in [1.165, 1.54) is 7.11 Å². The topological polar surface area (TPSA) is 91.8 Å². The van der Waals surface area contributed by atoms with Crippen LogP contribution in [-0.4, -0.2) is 48.8 Å². The first-order valence-corrected chi connectivity index (χ1v) is 9.26. The zero-order valence-corrected chi connectivity index (χ0v) is 16.1. The number of hydrogen-bond donors (Lipinski definition) is 1. The smallest absolute Gasteiger partial charge is 0.278 e. The molecule has 0 atom stereocenters. The Bertz CT molecular complexity index is 778. The molecule has 0 saturated heterocycles. The van der Waals surface area contributed by atoms with E-state index in [0.717, 1.165) is 25.7 Å². The molecule has 1 heterocycles. The summed E-state index contributed by atoms with van der Waals surface area (Å²) in [7, 11) is 3.11. The Morgan fingerprint density at radius 2 is 1.68 bits per heavy atom. The van der Waals surface area contributed by atoms with Crippen LogP contribution in [0.4, 0.5) is 0 Å². The van der Waals surface area contributed by atoms with Gasteiger partial charge in [-0.1, -0.05) is 12.1 Å². The number of aromatic nitrogens is 2. The van der Waals surface area contributed by atoms with Gasteiger partial charge in [0.2, 0.25) is 0 Å². The Morgan fingerprint density at radius 3 is 2.36 bits per heavy atom. The molecule has 0 spiro atoms. The van der Waals surface area contributed by atoms with Crippen LogP contribution in [0.5, 0.6) is 23.3 Å². The highest BCUT2D eigenvalue weighted by molar-refractivity contribution is 5.77. The van der Waals surface area contributed by atoms with Crippen molar-refractivity contribution in [2.75, 3.05) is 20.8 Å². The summed E-state index contributed by atoms with van der Waals surface area (Å²) in [5, 5.41) is 3.02. The molecule has 150 valence electrons. The summed E-state index contributed by atoms with van der Waals surface area (Å²) in [5.41, 5.74) is 0. The van der Waals surface area contributed by atoms with Crippen molar-refractivity contribution in [2.24, 2.45) is 0 Å². The van der Waals surface area contributed by atoms with Crippen LogP contribution >= 0.6 is 0 Å². The number of hydrogen-bond acceptors (Lipinski definition) is 7. The van der Waals surface area contributed by atoms with Crippen molar-refractivity contribution in [2.45, 2.75) is 37.8 Å². The third-order valence-electron chi connectivity index (χ3n) is 4.57. The summed E-state index contributed by atoms with van der Waals surface area (Å²) in [6.45, 7) is -0.0480. The lowest BCUT2D eigenvalue weighted by Crippen LogP contribution is -2.41. The van der Waals surface area contributed by atoms with E-state index >= 15 is 0 Å². The number of benzene rings is 1. The van der Waals surface area contributed by atoms with Crippen LogP contribution in [-0.2, 0) is 4.79 Å². The minimum Gasteiger partial charge on any atom is -0.493 e. The molecule has 3 rings (SSSR count). The van der Waals surface area contributed by atoms with Crippen LogP contribution in [0.3, 0.4) is 0 Å². The average Bonchev–Trinajstić information content (AvgIpc) is 2.74. The summed E-state index contributed by atoms with van der Waals surface area (Å²) in [6.07, 6.45) is 6.46. The van der Waals surface area contributed by atoms with Gasteiger partial charge in [-0.05, 0) is 37.8 Å². The molecule has 8 heteroatoms. The zero-order valence-electron chi connectivity index (χ0n) is 16.1. The van der Waals surface area contributed by atoms with E-state index in [0.29, 0.717) is 23.3 Å². The molecule has 1 N–H and O–H groups in total. The number of para-hydroxylation sites is 2. The number of carbonyl (C=O) groups excluding carboxylic acids is 1. The number of rotatable bonds is 8. The van der Waals surface area contributed by atoms with Crippen molar-refractivity contribution in [3.05, 3.63) is 36.7 Å². The second-order valence-corrected chi connectivity index (χ2v) is 6.47. The fraction of sp³-hybridized carbons (Fsp3) is 0.450. The highest BCUT2D eigenvalue weighted by Crippen LogP contribution is 2.27. The first-order chi connectivity index (χ1) is 13.7. The Labute approximate surface area is 164 Å². The molecule has 1 aliphatic carbocycles. The molecule has 0 unspecified atom stereocenters. The molecule has 8 nitrogen and oxygen atoms in total. The maximum atomic E-state index is 12.2. The van der Waals surface area contributed by atoms with Gasteiger partial charge in [0.1, 0.15) is 6.10 Å². The molecule has 1 fully saturated rings. The van der Waals surface area contributed by atoms with Gasteiger partial charge >= 0.3 is 0 Å². The summed E-state index contributed by atoms with van der Waals surface area (Å²) < 4.78 is 21.9. The van der Waals surface area contributed by atoms with Crippen molar-refractivity contribution >= 4 is 5.91 Å². The predicted molar refractivity (Wildman–Crippen MR) is 102 cm³/mol. The molecular formula is C20H25N3O5. The van der Waals surface area contributed by atoms with E-state index in [2.05, 4.69) is 15.3 Å². The van der Waals surface area contributed by atoms with Gasteiger partial charge in [-0.25, -0.2) is 9.97 Å². The van der Waals surface area contributed by atoms with Crippen LogP contribution in [0.25, 0.3) is 0 Å². The van der Waals surface area contributed by atoms with Gasteiger partial charge in [-0.2, -0.15) is 0 Å². The Balaban J connectivity index is 1.42. The molecule has 28 heavy (non-hydrogen) atoms. The van der Waals surface area contributed by atoms with Gasteiger partial charge < -0.3 is 24.3 Å². The minimum absolute atomic E-state index is 0.0311. The fourth-order valence-electron chi connectivity index (χ4n) is 3.17. The highest BCUT2D eigenvalue weighted by Gasteiger charge is 2.25. The summed E-state index contributed by atoms with van der Waals surface area (Å²) in [5.74, 6) is 1.79. The molecule has 1 aromatic carbocycles. The molecule has 2 aromatic rings. The molecule has 0 radical (unpaired) electrons. The van der Waals surface area contributed by atoms with E-state index in [-0.39, 0.29) is 24.7 Å². The molecule has 0 aliphatic heterocycles. The van der Waals surface area contributed by atoms with Crippen molar-refractivity contribution < 1.29 is 23.7 Å². The Morgan fingerprint density at radius 1 is 1.00 bits per heavy atom. The van der Waals surface area contributed by atoms with Gasteiger partial charge in [-0.15, -0.1) is 0 Å². The molecule has 1 saturated carbocycles. The van der Waals surface area contributed by atoms with E-state index in [4.69, 9.17) is 18.9 Å². The molecular weight excluding hydrogens is 362 g/mol. The molecule has 0 bridgehead atoms. The minimum atomic E-state index is -0.147. The standard InChI is InChI=1S/C20H25N3O5/c1-25-16-5-3-4-6-17(16)27-13-18(24)23-14-7-9-15(10-8-14)28-20-19(26-2)21-11-12-22-20/h3-6,11-12,14-15H,7-10,13H2,1-2H3,(H,23,24). The lowest BCUT2D eigenvalue weighted by atomic mass is 9.93. The maximum absolute atomic E-state index is 12.2. The number of nitrogens with one attached hydrogen (secondary N) is 1. The maximum Gasteiger partial charge on any atom is 0.278 e. The van der Waals surface area contributed by atoms with E-state index < -0.39 is 0 Å². The second kappa shape index (κ2) is 9.77. The number of carbonyl (C=O) groups is 1. The summed E-state index contributed by atoms with van der Waals surface area (Å²) in [6, 6.07) is 7.36. The Kier molecular flexibility index (Phi) is 6.89. The van der Waals surface area contributed by atoms with Gasteiger partial charge in [-0.3, -0.25) is 4.79 Å². The monoisotopic (exact) mass is 387 g/mol. The number of methoxy groups -OCH3 is 2. The molecule has 1 aliphatic rings. The van der Waals surface area contributed by atoms with E-state index in [9.17, 15) is 4.79 Å². The lowest BCUT2D eigenvalue weighted by molar-refractivity contribution is -0.124. The number of nitrogens with zero attached hydrogens (tertiary/aromatic N) is 2. The van der Waals surface area contributed by atoms with Crippen LogP contribution in [0.1, 0.15) is 25.7 Å². The quantitative estimate of drug-likeness (QED) is 0.743. The summed E-state index contributed by atoms with van der Waals surface area (Å²) >= 11 is 0.